The molecule has 0 radical (unpaired) electrons. The topological polar surface area (TPSA) is 71.0 Å². The fourth-order valence-electron chi connectivity index (χ4n) is 4.36. The molecule has 3 rings (SSSR count). The summed E-state index contributed by atoms with van der Waals surface area (Å²) in [5, 5.41) is 14.2. The van der Waals surface area contributed by atoms with Crippen LogP contribution in [0.3, 0.4) is 0 Å². The summed E-state index contributed by atoms with van der Waals surface area (Å²) in [7, 11) is 1.66. The quantitative estimate of drug-likeness (QED) is 0.329. The highest BCUT2D eigenvalue weighted by Gasteiger charge is 2.24. The van der Waals surface area contributed by atoms with Gasteiger partial charge in [0.05, 0.1) is 19.3 Å². The first-order valence-corrected chi connectivity index (χ1v) is 12.9. The molecule has 0 aliphatic rings. The van der Waals surface area contributed by atoms with Gasteiger partial charge in [-0.2, -0.15) is 0 Å². The highest BCUT2D eigenvalue weighted by molar-refractivity contribution is 5.73. The molecular weight excluding hydrogens is 464 g/mol. The van der Waals surface area contributed by atoms with Gasteiger partial charge in [-0.1, -0.05) is 68.4 Å². The van der Waals surface area contributed by atoms with Crippen molar-refractivity contribution in [3.8, 4) is 11.5 Å². The van der Waals surface area contributed by atoms with Crippen LogP contribution in [0.25, 0.3) is 0 Å². The number of aliphatic hydroxyl groups excluding tert-OH is 1. The predicted octanol–water partition coefficient (Wildman–Crippen LogP) is 4.84. The van der Waals surface area contributed by atoms with Crippen LogP contribution < -0.4 is 14.8 Å². The molecule has 198 valence electrons. The Labute approximate surface area is 221 Å². The maximum atomic E-state index is 12.0. The molecule has 2 N–H and O–H groups in total. The van der Waals surface area contributed by atoms with Crippen molar-refractivity contribution in [3.05, 3.63) is 95.6 Å². The molecule has 3 aromatic rings. The van der Waals surface area contributed by atoms with E-state index in [0.29, 0.717) is 32.0 Å². The van der Waals surface area contributed by atoms with Crippen molar-refractivity contribution in [1.82, 2.24) is 10.2 Å². The second-order valence-corrected chi connectivity index (χ2v) is 9.93. The molecule has 2 atom stereocenters. The van der Waals surface area contributed by atoms with E-state index in [1.165, 1.54) is 6.92 Å². The number of aliphatic hydroxyl groups is 1. The van der Waals surface area contributed by atoms with Gasteiger partial charge in [-0.15, -0.1) is 0 Å². The average molecular weight is 505 g/mol. The number of rotatable bonds is 14. The lowest BCUT2D eigenvalue weighted by Crippen LogP contribution is -2.49. The highest BCUT2D eigenvalue weighted by Crippen LogP contribution is 2.18. The van der Waals surface area contributed by atoms with E-state index in [1.54, 1.807) is 7.11 Å². The molecule has 0 fully saturated rings. The number of hydrogen-bond acceptors (Lipinski definition) is 5. The summed E-state index contributed by atoms with van der Waals surface area (Å²) in [6.45, 7) is 8.33. The van der Waals surface area contributed by atoms with Gasteiger partial charge in [0.1, 0.15) is 18.1 Å². The van der Waals surface area contributed by atoms with Crippen LogP contribution in [0, 0.1) is 5.92 Å². The zero-order valence-electron chi connectivity index (χ0n) is 22.4. The number of hydrogen-bond donors (Lipinski definition) is 2. The van der Waals surface area contributed by atoms with E-state index in [4.69, 9.17) is 9.47 Å². The lowest BCUT2D eigenvalue weighted by molar-refractivity contribution is -0.120. The minimum atomic E-state index is -0.727. The molecule has 0 aliphatic heterocycles. The molecule has 0 aliphatic carbocycles. The Morgan fingerprint density at radius 2 is 1.49 bits per heavy atom. The van der Waals surface area contributed by atoms with Crippen molar-refractivity contribution in [2.75, 3.05) is 20.2 Å². The first kappa shape index (κ1) is 28.2. The maximum Gasteiger partial charge on any atom is 0.217 e. The van der Waals surface area contributed by atoms with Crippen LogP contribution in [0.1, 0.15) is 37.5 Å². The lowest BCUT2D eigenvalue weighted by atomic mass is 10.00. The van der Waals surface area contributed by atoms with Gasteiger partial charge in [-0.05, 0) is 53.3 Å². The highest BCUT2D eigenvalue weighted by atomic mass is 16.5. The maximum absolute atomic E-state index is 12.0. The van der Waals surface area contributed by atoms with Crippen LogP contribution in [-0.4, -0.2) is 48.3 Å². The van der Waals surface area contributed by atoms with Gasteiger partial charge in [-0.3, -0.25) is 9.69 Å². The van der Waals surface area contributed by atoms with Crippen molar-refractivity contribution in [2.45, 2.75) is 52.5 Å². The van der Waals surface area contributed by atoms with Gasteiger partial charge >= 0.3 is 0 Å². The monoisotopic (exact) mass is 504 g/mol. The van der Waals surface area contributed by atoms with Gasteiger partial charge in [-0.25, -0.2) is 0 Å². The minimum absolute atomic E-state index is 0.155. The second-order valence-electron chi connectivity index (χ2n) is 9.93. The molecule has 37 heavy (non-hydrogen) atoms. The Bertz CT molecular complexity index is 1070. The van der Waals surface area contributed by atoms with E-state index < -0.39 is 12.1 Å². The van der Waals surface area contributed by atoms with Crippen LogP contribution in [0.15, 0.2) is 78.9 Å². The summed E-state index contributed by atoms with van der Waals surface area (Å²) in [6.07, 6.45) is -0.201. The Morgan fingerprint density at radius 1 is 0.865 bits per heavy atom. The standard InChI is InChI=1S/C31H40N2O4/c1-23(2)19-33(20-26-12-14-28(36-4)15-13-26)21-31(35)30(32-24(3)34)18-25-10-16-29(17-11-25)37-22-27-8-6-5-7-9-27/h5-17,23,30-31,35H,18-22H2,1-4H3,(H,32,34)/t30-,31+/m0/s1. The Kier molecular flexibility index (Phi) is 11.0. The minimum Gasteiger partial charge on any atom is -0.497 e. The van der Waals surface area contributed by atoms with Gasteiger partial charge < -0.3 is 19.9 Å². The number of benzene rings is 3. The SMILES string of the molecule is COc1ccc(CN(CC(C)C)C[C@@H](O)[C@H](Cc2ccc(OCc3ccccc3)cc2)NC(C)=O)cc1. The third-order valence-electron chi connectivity index (χ3n) is 6.11. The van der Waals surface area contributed by atoms with Crippen molar-refractivity contribution in [3.63, 3.8) is 0 Å². The zero-order chi connectivity index (χ0) is 26.6. The average Bonchev–Trinajstić information content (AvgIpc) is 2.88. The molecule has 0 saturated heterocycles. The first-order valence-electron chi connectivity index (χ1n) is 12.9. The molecule has 6 heteroatoms. The Hall–Kier alpha value is -3.35. The summed E-state index contributed by atoms with van der Waals surface area (Å²) < 4.78 is 11.2. The number of carbonyl (C=O) groups excluding carboxylic acids is 1. The van der Waals surface area contributed by atoms with Gasteiger partial charge in [0.15, 0.2) is 0 Å². The van der Waals surface area contributed by atoms with Gasteiger partial charge in [0.2, 0.25) is 5.91 Å². The fourth-order valence-corrected chi connectivity index (χ4v) is 4.36. The van der Waals surface area contributed by atoms with E-state index in [-0.39, 0.29) is 5.91 Å². The van der Waals surface area contributed by atoms with Crippen LogP contribution >= 0.6 is 0 Å². The number of carbonyl (C=O) groups is 1. The smallest absolute Gasteiger partial charge is 0.217 e. The third kappa shape index (κ3) is 9.90. The van der Waals surface area contributed by atoms with Crippen molar-refractivity contribution >= 4 is 5.91 Å². The summed E-state index contributed by atoms with van der Waals surface area (Å²) in [6, 6.07) is 25.5. The Morgan fingerprint density at radius 3 is 2.08 bits per heavy atom. The molecule has 0 aromatic heterocycles. The van der Waals surface area contributed by atoms with Crippen LogP contribution in [0.2, 0.25) is 0 Å². The van der Waals surface area contributed by atoms with Crippen LogP contribution in [-0.2, 0) is 24.4 Å². The molecule has 0 spiro atoms. The number of nitrogens with zero attached hydrogens (tertiary/aromatic N) is 1. The van der Waals surface area contributed by atoms with Gasteiger partial charge in [0.25, 0.3) is 0 Å². The molecule has 0 bridgehead atoms. The molecule has 0 saturated carbocycles. The lowest BCUT2D eigenvalue weighted by Gasteiger charge is -2.31. The molecule has 1 amide bonds. The van der Waals surface area contributed by atoms with E-state index in [1.807, 2.05) is 78.9 Å². The van der Waals surface area contributed by atoms with Crippen LogP contribution in [0.5, 0.6) is 11.5 Å². The second kappa shape index (κ2) is 14.4. The summed E-state index contributed by atoms with van der Waals surface area (Å²) in [5.74, 6) is 1.89. The van der Waals surface area contributed by atoms with Crippen molar-refractivity contribution in [2.24, 2.45) is 5.92 Å². The normalized spacial score (nSPS) is 12.8. The number of methoxy groups -OCH3 is 1. The summed E-state index contributed by atoms with van der Waals surface area (Å²) in [4.78, 5) is 14.2. The molecular formula is C31H40N2O4. The molecule has 0 heterocycles. The largest absolute Gasteiger partial charge is 0.497 e. The van der Waals surface area contributed by atoms with Crippen molar-refractivity contribution in [1.29, 1.82) is 0 Å². The van der Waals surface area contributed by atoms with E-state index in [9.17, 15) is 9.90 Å². The first-order chi connectivity index (χ1) is 17.8. The number of nitrogens with one attached hydrogen (secondary N) is 1. The van der Waals surface area contributed by atoms with E-state index in [0.717, 1.165) is 34.7 Å². The molecule has 6 nitrogen and oxygen atoms in total. The zero-order valence-corrected chi connectivity index (χ0v) is 22.4. The molecule has 0 unspecified atom stereocenters. The third-order valence-corrected chi connectivity index (χ3v) is 6.11. The van der Waals surface area contributed by atoms with Crippen LogP contribution in [0.4, 0.5) is 0 Å². The predicted molar refractivity (Wildman–Crippen MR) is 148 cm³/mol. The van der Waals surface area contributed by atoms with Crippen molar-refractivity contribution < 1.29 is 19.4 Å². The number of amides is 1. The van der Waals surface area contributed by atoms with Gasteiger partial charge in [0, 0.05) is 26.6 Å². The molecule has 3 aromatic carbocycles. The fraction of sp³-hybridized carbons (Fsp3) is 0.387. The summed E-state index contributed by atoms with van der Waals surface area (Å²) in [5.41, 5.74) is 3.28. The summed E-state index contributed by atoms with van der Waals surface area (Å²) >= 11 is 0. The van der Waals surface area contributed by atoms with E-state index >= 15 is 0 Å². The Balaban J connectivity index is 1.63. The number of ether oxygens (including phenoxy) is 2. The van der Waals surface area contributed by atoms with E-state index in [2.05, 4.69) is 24.1 Å².